The van der Waals surface area contributed by atoms with E-state index in [1.165, 1.54) is 0 Å². The van der Waals surface area contributed by atoms with Crippen LogP contribution in [0.3, 0.4) is 0 Å². The zero-order valence-corrected chi connectivity index (χ0v) is 12.4. The van der Waals surface area contributed by atoms with Gasteiger partial charge in [0.2, 0.25) is 5.91 Å². The molecule has 19 heavy (non-hydrogen) atoms. The molecule has 2 N–H and O–H groups in total. The van der Waals surface area contributed by atoms with Gasteiger partial charge in [-0.05, 0) is 42.7 Å². The van der Waals surface area contributed by atoms with Crippen molar-refractivity contribution in [3.05, 3.63) is 24.3 Å². The molecular weight excluding hydrogens is 260 g/mol. The molecule has 0 fully saturated rings. The van der Waals surface area contributed by atoms with Crippen LogP contribution in [-0.2, 0) is 4.79 Å². The van der Waals surface area contributed by atoms with Crippen LogP contribution in [0, 0.1) is 0 Å². The van der Waals surface area contributed by atoms with Crippen LogP contribution in [0.25, 0.3) is 0 Å². The van der Waals surface area contributed by atoms with Gasteiger partial charge in [0.1, 0.15) is 0 Å². The first-order chi connectivity index (χ1) is 9.17. The molecule has 4 nitrogen and oxygen atoms in total. The van der Waals surface area contributed by atoms with E-state index in [1.807, 2.05) is 42.5 Å². The number of anilines is 2. The molecule has 0 spiro atoms. The Kier molecular flexibility index (Phi) is 7.36. The lowest BCUT2D eigenvalue weighted by molar-refractivity contribution is -0.116. The maximum atomic E-state index is 11.6. The molecule has 106 valence electrons. The van der Waals surface area contributed by atoms with Crippen molar-refractivity contribution in [2.24, 2.45) is 0 Å². The molecular formula is C14H22N2O2S. The van der Waals surface area contributed by atoms with E-state index in [2.05, 4.69) is 5.32 Å². The number of benzene rings is 1. The van der Waals surface area contributed by atoms with Gasteiger partial charge in [-0.2, -0.15) is 11.8 Å². The molecule has 0 unspecified atom stereocenters. The van der Waals surface area contributed by atoms with Crippen molar-refractivity contribution >= 4 is 29.0 Å². The third-order valence-electron chi connectivity index (χ3n) is 2.78. The Bertz CT molecular complexity index is 382. The van der Waals surface area contributed by atoms with Gasteiger partial charge in [-0.15, -0.1) is 0 Å². The molecule has 1 rings (SSSR count). The Balaban J connectivity index is 2.45. The van der Waals surface area contributed by atoms with Gasteiger partial charge >= 0.3 is 0 Å². The van der Waals surface area contributed by atoms with E-state index < -0.39 is 0 Å². The Morgan fingerprint density at radius 3 is 2.63 bits per heavy atom. The number of carbonyl (C=O) groups is 1. The summed E-state index contributed by atoms with van der Waals surface area (Å²) >= 11 is 1.75. The fourth-order valence-corrected chi connectivity index (χ4v) is 2.11. The minimum Gasteiger partial charge on any atom is -0.395 e. The molecule has 0 radical (unpaired) electrons. The summed E-state index contributed by atoms with van der Waals surface area (Å²) in [7, 11) is 1.92. The summed E-state index contributed by atoms with van der Waals surface area (Å²) in [4.78, 5) is 13.6. The van der Waals surface area contributed by atoms with Crippen LogP contribution in [0.2, 0.25) is 0 Å². The van der Waals surface area contributed by atoms with Crippen LogP contribution >= 0.6 is 11.8 Å². The van der Waals surface area contributed by atoms with Gasteiger partial charge in [-0.3, -0.25) is 4.79 Å². The predicted molar refractivity (Wildman–Crippen MR) is 83.0 cm³/mol. The first-order valence-electron chi connectivity index (χ1n) is 6.38. The summed E-state index contributed by atoms with van der Waals surface area (Å²) in [5.41, 5.74) is 1.84. The molecule has 1 aromatic rings. The molecule has 0 heterocycles. The van der Waals surface area contributed by atoms with Crippen LogP contribution in [0.4, 0.5) is 11.4 Å². The van der Waals surface area contributed by atoms with Gasteiger partial charge in [0.05, 0.1) is 6.61 Å². The van der Waals surface area contributed by atoms with Crippen molar-refractivity contribution in [1.82, 2.24) is 0 Å². The Hall–Kier alpha value is -1.20. The van der Waals surface area contributed by atoms with Gasteiger partial charge in [-0.25, -0.2) is 0 Å². The molecule has 0 bridgehead atoms. The molecule has 0 saturated carbocycles. The number of aliphatic hydroxyl groups excluding tert-OH is 1. The van der Waals surface area contributed by atoms with Crippen molar-refractivity contribution in [1.29, 1.82) is 0 Å². The van der Waals surface area contributed by atoms with Crippen LogP contribution in [0.1, 0.15) is 12.8 Å². The highest BCUT2D eigenvalue weighted by molar-refractivity contribution is 7.98. The van der Waals surface area contributed by atoms with Crippen LogP contribution in [0.15, 0.2) is 24.3 Å². The molecule has 0 aliphatic heterocycles. The highest BCUT2D eigenvalue weighted by Crippen LogP contribution is 2.16. The number of amides is 1. The first-order valence-corrected chi connectivity index (χ1v) is 7.77. The number of carbonyl (C=O) groups excluding carboxylic acids is 1. The van der Waals surface area contributed by atoms with Gasteiger partial charge in [-0.1, -0.05) is 0 Å². The average Bonchev–Trinajstić information content (AvgIpc) is 2.40. The summed E-state index contributed by atoms with van der Waals surface area (Å²) < 4.78 is 0. The number of nitrogens with one attached hydrogen (secondary N) is 1. The highest BCUT2D eigenvalue weighted by atomic mass is 32.2. The Labute approximate surface area is 119 Å². The number of hydrogen-bond donors (Lipinski definition) is 2. The third-order valence-corrected chi connectivity index (χ3v) is 3.48. The largest absolute Gasteiger partial charge is 0.395 e. The normalized spacial score (nSPS) is 10.3. The predicted octanol–water partition coefficient (Wildman–Crippen LogP) is 2.20. The summed E-state index contributed by atoms with van der Waals surface area (Å²) in [6, 6.07) is 7.64. The second-order valence-electron chi connectivity index (χ2n) is 4.34. The quantitative estimate of drug-likeness (QED) is 0.718. The lowest BCUT2D eigenvalue weighted by atomic mass is 10.2. The fraction of sp³-hybridized carbons (Fsp3) is 0.500. The smallest absolute Gasteiger partial charge is 0.224 e. The number of hydrogen-bond acceptors (Lipinski definition) is 4. The second kappa shape index (κ2) is 8.82. The minimum absolute atomic E-state index is 0.0607. The number of aliphatic hydroxyl groups is 1. The molecule has 5 heteroatoms. The topological polar surface area (TPSA) is 52.6 Å². The number of thioether (sulfide) groups is 1. The van der Waals surface area contributed by atoms with E-state index in [1.54, 1.807) is 11.8 Å². The van der Waals surface area contributed by atoms with Crippen LogP contribution in [-0.4, -0.2) is 43.2 Å². The van der Waals surface area contributed by atoms with Gasteiger partial charge in [0, 0.05) is 31.4 Å². The summed E-state index contributed by atoms with van der Waals surface area (Å²) in [6.07, 6.45) is 3.51. The third kappa shape index (κ3) is 5.98. The Morgan fingerprint density at radius 1 is 1.37 bits per heavy atom. The van der Waals surface area contributed by atoms with Crippen molar-refractivity contribution in [3.63, 3.8) is 0 Å². The monoisotopic (exact) mass is 282 g/mol. The van der Waals surface area contributed by atoms with E-state index in [0.29, 0.717) is 13.0 Å². The number of likely N-dealkylation sites (N-methyl/N-ethyl adjacent to an activating group) is 1. The highest BCUT2D eigenvalue weighted by Gasteiger charge is 2.03. The zero-order valence-electron chi connectivity index (χ0n) is 11.6. The first kappa shape index (κ1) is 15.9. The van der Waals surface area contributed by atoms with Gasteiger partial charge in [0.15, 0.2) is 0 Å². The van der Waals surface area contributed by atoms with Crippen molar-refractivity contribution < 1.29 is 9.90 Å². The summed E-state index contributed by atoms with van der Waals surface area (Å²) in [5.74, 6) is 1.07. The lowest BCUT2D eigenvalue weighted by Crippen LogP contribution is -2.21. The van der Waals surface area contributed by atoms with E-state index >= 15 is 0 Å². The average molecular weight is 282 g/mol. The van der Waals surface area contributed by atoms with Gasteiger partial charge in [0.25, 0.3) is 0 Å². The molecule has 0 aliphatic carbocycles. The fourth-order valence-electron chi connectivity index (χ4n) is 1.68. The summed E-state index contributed by atoms with van der Waals surface area (Å²) in [6.45, 7) is 0.727. The molecule has 0 aromatic heterocycles. The van der Waals surface area contributed by atoms with E-state index in [4.69, 9.17) is 5.11 Å². The maximum Gasteiger partial charge on any atom is 0.224 e. The van der Waals surface area contributed by atoms with Crippen LogP contribution in [0.5, 0.6) is 0 Å². The van der Waals surface area contributed by atoms with E-state index in [-0.39, 0.29) is 12.5 Å². The van der Waals surface area contributed by atoms with Crippen molar-refractivity contribution in [3.8, 4) is 0 Å². The molecule has 0 aliphatic rings. The van der Waals surface area contributed by atoms with Crippen molar-refractivity contribution in [2.75, 3.05) is 42.4 Å². The Morgan fingerprint density at radius 2 is 2.05 bits per heavy atom. The molecule has 0 atom stereocenters. The SMILES string of the molecule is CSCCCC(=O)Nc1ccc(N(C)CCO)cc1. The standard InChI is InChI=1S/C14H22N2O2S/c1-16(9-10-17)13-7-5-12(6-8-13)15-14(18)4-3-11-19-2/h5-8,17H,3-4,9-11H2,1-2H3,(H,15,18). The summed E-state index contributed by atoms with van der Waals surface area (Å²) in [5, 5.41) is 11.8. The maximum absolute atomic E-state index is 11.6. The number of rotatable bonds is 8. The second-order valence-corrected chi connectivity index (χ2v) is 5.32. The number of nitrogens with zero attached hydrogens (tertiary/aromatic N) is 1. The molecule has 1 aromatic carbocycles. The van der Waals surface area contributed by atoms with Crippen molar-refractivity contribution in [2.45, 2.75) is 12.8 Å². The zero-order chi connectivity index (χ0) is 14.1. The lowest BCUT2D eigenvalue weighted by Gasteiger charge is -2.18. The van der Waals surface area contributed by atoms with Gasteiger partial charge < -0.3 is 15.3 Å². The van der Waals surface area contributed by atoms with Crippen LogP contribution < -0.4 is 10.2 Å². The molecule has 0 saturated heterocycles. The minimum atomic E-state index is 0.0607. The molecule has 1 amide bonds. The van der Waals surface area contributed by atoms with E-state index in [9.17, 15) is 4.79 Å². The van der Waals surface area contributed by atoms with E-state index in [0.717, 1.165) is 23.5 Å².